The molecular weight excluding hydrogens is 206 g/mol. The van der Waals surface area contributed by atoms with Crippen molar-refractivity contribution in [1.29, 1.82) is 0 Å². The van der Waals surface area contributed by atoms with Crippen molar-refractivity contribution < 1.29 is 15.0 Å². The second kappa shape index (κ2) is 5.64. The first-order valence-corrected chi connectivity index (χ1v) is 6.07. The zero-order valence-electron chi connectivity index (χ0n) is 10.2. The van der Waals surface area contributed by atoms with Crippen LogP contribution in [0.4, 0.5) is 0 Å². The summed E-state index contributed by atoms with van der Waals surface area (Å²) in [6.45, 7) is 4.40. The molecule has 1 fully saturated rings. The quantitative estimate of drug-likeness (QED) is 0.666. The summed E-state index contributed by atoms with van der Waals surface area (Å²) in [5, 5.41) is 21.8. The number of rotatable bonds is 5. The van der Waals surface area contributed by atoms with Crippen LogP contribution in [0, 0.1) is 5.92 Å². The van der Waals surface area contributed by atoms with Gasteiger partial charge in [-0.1, -0.05) is 0 Å². The molecule has 1 aliphatic carbocycles. The van der Waals surface area contributed by atoms with Crippen LogP contribution in [0.2, 0.25) is 0 Å². The van der Waals surface area contributed by atoms with Gasteiger partial charge in [0.15, 0.2) is 0 Å². The maximum Gasteiger partial charge on any atom is 0.306 e. The minimum Gasteiger partial charge on any atom is -0.481 e. The van der Waals surface area contributed by atoms with Crippen LogP contribution < -0.4 is 5.32 Å². The van der Waals surface area contributed by atoms with Gasteiger partial charge in [0, 0.05) is 6.04 Å². The Labute approximate surface area is 97.0 Å². The highest BCUT2D eigenvalue weighted by Crippen LogP contribution is 2.24. The van der Waals surface area contributed by atoms with Gasteiger partial charge in [-0.2, -0.15) is 0 Å². The molecule has 0 spiro atoms. The molecule has 0 unspecified atom stereocenters. The van der Waals surface area contributed by atoms with Gasteiger partial charge in [0.1, 0.15) is 0 Å². The van der Waals surface area contributed by atoms with Gasteiger partial charge >= 0.3 is 5.97 Å². The third kappa shape index (κ3) is 4.94. The van der Waals surface area contributed by atoms with E-state index in [2.05, 4.69) is 5.32 Å². The minimum atomic E-state index is -0.657. The normalized spacial score (nSPS) is 26.7. The summed E-state index contributed by atoms with van der Waals surface area (Å²) in [5.74, 6) is -0.803. The number of nitrogens with one attached hydrogen (secondary N) is 1. The number of aliphatic hydroxyl groups is 1. The van der Waals surface area contributed by atoms with Crippen molar-refractivity contribution >= 4 is 5.97 Å². The predicted octanol–water partition coefficient (Wildman–Crippen LogP) is 1.38. The molecule has 0 bridgehead atoms. The summed E-state index contributed by atoms with van der Waals surface area (Å²) in [6.07, 6.45) is 4.14. The molecule has 94 valence electrons. The molecule has 3 N–H and O–H groups in total. The highest BCUT2D eigenvalue weighted by molar-refractivity contribution is 5.70. The van der Waals surface area contributed by atoms with Crippen molar-refractivity contribution in [3.63, 3.8) is 0 Å². The molecule has 0 atom stereocenters. The van der Waals surface area contributed by atoms with E-state index in [1.807, 2.05) is 0 Å². The average Bonchev–Trinajstić information content (AvgIpc) is 2.16. The van der Waals surface area contributed by atoms with E-state index < -0.39 is 11.6 Å². The molecule has 0 heterocycles. The Bertz CT molecular complexity index is 227. The van der Waals surface area contributed by atoms with E-state index in [1.54, 1.807) is 13.8 Å². The largest absolute Gasteiger partial charge is 0.481 e. The van der Waals surface area contributed by atoms with Crippen LogP contribution in [-0.2, 0) is 4.79 Å². The van der Waals surface area contributed by atoms with E-state index in [4.69, 9.17) is 5.11 Å². The Morgan fingerprint density at radius 2 is 1.88 bits per heavy atom. The molecule has 4 nitrogen and oxygen atoms in total. The summed E-state index contributed by atoms with van der Waals surface area (Å²) in [4.78, 5) is 10.8. The maximum absolute atomic E-state index is 10.8. The van der Waals surface area contributed by atoms with Crippen LogP contribution >= 0.6 is 0 Å². The SMILES string of the molecule is CC(C)(O)CCNC1CCC(C(=O)O)CC1. The Balaban J connectivity index is 2.15. The predicted molar refractivity (Wildman–Crippen MR) is 62.3 cm³/mol. The molecule has 1 saturated carbocycles. The topological polar surface area (TPSA) is 69.6 Å². The highest BCUT2D eigenvalue weighted by atomic mass is 16.4. The smallest absolute Gasteiger partial charge is 0.306 e. The molecule has 0 aromatic rings. The molecule has 0 saturated heterocycles. The molecule has 1 aliphatic rings. The molecule has 0 radical (unpaired) electrons. The monoisotopic (exact) mass is 229 g/mol. The van der Waals surface area contributed by atoms with Gasteiger partial charge in [-0.25, -0.2) is 0 Å². The molecule has 0 amide bonds. The van der Waals surface area contributed by atoms with Crippen molar-refractivity contribution in [1.82, 2.24) is 5.32 Å². The zero-order valence-corrected chi connectivity index (χ0v) is 10.2. The standard InChI is InChI=1S/C12H23NO3/c1-12(2,16)7-8-13-10-5-3-9(4-6-10)11(14)15/h9-10,13,16H,3-8H2,1-2H3,(H,14,15). The number of carboxylic acids is 1. The summed E-state index contributed by atoms with van der Waals surface area (Å²) in [5.41, 5.74) is -0.620. The van der Waals surface area contributed by atoms with Gasteiger partial charge in [-0.3, -0.25) is 4.79 Å². The van der Waals surface area contributed by atoms with Crippen LogP contribution in [0.15, 0.2) is 0 Å². The maximum atomic E-state index is 10.8. The van der Waals surface area contributed by atoms with Gasteiger partial charge in [-0.05, 0) is 52.5 Å². The Morgan fingerprint density at radius 1 is 1.31 bits per heavy atom. The Morgan fingerprint density at radius 3 is 2.31 bits per heavy atom. The van der Waals surface area contributed by atoms with E-state index in [0.29, 0.717) is 6.04 Å². The molecule has 4 heteroatoms. The fourth-order valence-corrected chi connectivity index (χ4v) is 2.13. The lowest BCUT2D eigenvalue weighted by atomic mass is 9.86. The van der Waals surface area contributed by atoms with Gasteiger partial charge in [0.05, 0.1) is 11.5 Å². The van der Waals surface area contributed by atoms with E-state index in [1.165, 1.54) is 0 Å². The Hall–Kier alpha value is -0.610. The van der Waals surface area contributed by atoms with Crippen molar-refractivity contribution in [2.24, 2.45) is 5.92 Å². The molecule has 0 aliphatic heterocycles. The number of hydrogen-bond acceptors (Lipinski definition) is 3. The van der Waals surface area contributed by atoms with Crippen LogP contribution in [0.25, 0.3) is 0 Å². The summed E-state index contributed by atoms with van der Waals surface area (Å²) in [6, 6.07) is 0.429. The molecule has 1 rings (SSSR count). The molecular formula is C12H23NO3. The lowest BCUT2D eigenvalue weighted by Crippen LogP contribution is -2.37. The van der Waals surface area contributed by atoms with Crippen molar-refractivity contribution in [3.8, 4) is 0 Å². The minimum absolute atomic E-state index is 0.146. The van der Waals surface area contributed by atoms with Crippen LogP contribution in [0.1, 0.15) is 46.0 Å². The van der Waals surface area contributed by atoms with Crippen molar-refractivity contribution in [2.75, 3.05) is 6.54 Å². The second-order valence-corrected chi connectivity index (χ2v) is 5.40. The van der Waals surface area contributed by atoms with Gasteiger partial charge in [0.25, 0.3) is 0 Å². The van der Waals surface area contributed by atoms with Gasteiger partial charge in [-0.15, -0.1) is 0 Å². The molecule has 0 aromatic heterocycles. The lowest BCUT2D eigenvalue weighted by Gasteiger charge is -2.28. The van der Waals surface area contributed by atoms with Crippen LogP contribution in [0.3, 0.4) is 0 Å². The Kier molecular flexibility index (Phi) is 4.74. The number of aliphatic carboxylic acids is 1. The molecule has 16 heavy (non-hydrogen) atoms. The fourth-order valence-electron chi connectivity index (χ4n) is 2.13. The van der Waals surface area contributed by atoms with E-state index in [9.17, 15) is 9.90 Å². The van der Waals surface area contributed by atoms with E-state index in [0.717, 1.165) is 38.6 Å². The van der Waals surface area contributed by atoms with Gasteiger partial charge < -0.3 is 15.5 Å². The summed E-state index contributed by atoms with van der Waals surface area (Å²) in [7, 11) is 0. The van der Waals surface area contributed by atoms with Crippen LogP contribution in [0.5, 0.6) is 0 Å². The summed E-state index contributed by atoms with van der Waals surface area (Å²) < 4.78 is 0. The van der Waals surface area contributed by atoms with Gasteiger partial charge in [0.2, 0.25) is 0 Å². The molecule has 0 aromatic carbocycles. The van der Waals surface area contributed by atoms with Crippen molar-refractivity contribution in [2.45, 2.75) is 57.6 Å². The highest BCUT2D eigenvalue weighted by Gasteiger charge is 2.25. The summed E-state index contributed by atoms with van der Waals surface area (Å²) >= 11 is 0. The average molecular weight is 229 g/mol. The third-order valence-corrected chi connectivity index (χ3v) is 3.25. The lowest BCUT2D eigenvalue weighted by molar-refractivity contribution is -0.142. The van der Waals surface area contributed by atoms with Crippen molar-refractivity contribution in [3.05, 3.63) is 0 Å². The second-order valence-electron chi connectivity index (χ2n) is 5.40. The first-order valence-electron chi connectivity index (χ1n) is 6.07. The number of hydrogen-bond donors (Lipinski definition) is 3. The van der Waals surface area contributed by atoms with E-state index >= 15 is 0 Å². The zero-order chi connectivity index (χ0) is 12.2. The van der Waals surface area contributed by atoms with E-state index in [-0.39, 0.29) is 5.92 Å². The van der Waals surface area contributed by atoms with Crippen LogP contribution in [-0.4, -0.2) is 34.4 Å². The fraction of sp³-hybridized carbons (Fsp3) is 0.917. The number of carbonyl (C=O) groups is 1. The third-order valence-electron chi connectivity index (χ3n) is 3.25. The number of carboxylic acid groups (broad SMARTS) is 1. The first-order chi connectivity index (χ1) is 7.38. The first kappa shape index (κ1) is 13.5.